The molecule has 0 radical (unpaired) electrons. The Hall–Kier alpha value is -2.26. The Kier molecular flexibility index (Phi) is 8.78. The van der Waals surface area contributed by atoms with Crippen LogP contribution in [-0.4, -0.2) is 42.9 Å². The van der Waals surface area contributed by atoms with Crippen LogP contribution >= 0.6 is 27.7 Å². The zero-order valence-electron chi connectivity index (χ0n) is 16.4. The fourth-order valence-electron chi connectivity index (χ4n) is 2.63. The molecule has 7 nitrogen and oxygen atoms in total. The predicted octanol–water partition coefficient (Wildman–Crippen LogP) is 3.31. The third kappa shape index (κ3) is 6.37. The summed E-state index contributed by atoms with van der Waals surface area (Å²) in [4.78, 5) is 36.9. The summed E-state index contributed by atoms with van der Waals surface area (Å²) in [6.07, 6.45) is 2.42. The van der Waals surface area contributed by atoms with Gasteiger partial charge < -0.3 is 19.8 Å². The van der Waals surface area contributed by atoms with Gasteiger partial charge in [0.2, 0.25) is 5.91 Å². The fraction of sp³-hybridized carbons (Fsp3) is 0.350. The van der Waals surface area contributed by atoms with Gasteiger partial charge in [0.1, 0.15) is 23.1 Å². The summed E-state index contributed by atoms with van der Waals surface area (Å²) in [5.74, 6) is 0.399. The highest BCUT2D eigenvalue weighted by molar-refractivity contribution is 9.10. The minimum atomic E-state index is -0.696. The molecule has 2 N–H and O–H groups in total. The molecule has 0 saturated heterocycles. The van der Waals surface area contributed by atoms with Gasteiger partial charge >= 0.3 is 5.97 Å². The highest BCUT2D eigenvalue weighted by Gasteiger charge is 2.23. The van der Waals surface area contributed by atoms with E-state index < -0.39 is 12.0 Å². The number of carbonyl (C=O) groups excluding carboxylic acids is 3. The topological polar surface area (TPSA) is 97.6 Å². The van der Waals surface area contributed by atoms with Gasteiger partial charge in [-0.25, -0.2) is 4.79 Å². The number of aryl methyl sites for hydroxylation is 1. The van der Waals surface area contributed by atoms with E-state index in [1.165, 1.54) is 13.2 Å². The number of benzene rings is 1. The normalized spacial score (nSPS) is 11.6. The van der Waals surface area contributed by atoms with Crippen molar-refractivity contribution in [2.45, 2.75) is 25.9 Å². The lowest BCUT2D eigenvalue weighted by molar-refractivity contribution is -0.123. The lowest BCUT2D eigenvalue weighted by Gasteiger charge is -2.18. The molecule has 1 aromatic carbocycles. The Labute approximate surface area is 182 Å². The summed E-state index contributed by atoms with van der Waals surface area (Å²) in [5, 5.41) is 5.55. The van der Waals surface area contributed by atoms with Crippen molar-refractivity contribution in [3.8, 4) is 0 Å². The van der Waals surface area contributed by atoms with E-state index in [-0.39, 0.29) is 18.4 Å². The van der Waals surface area contributed by atoms with Crippen molar-refractivity contribution in [1.82, 2.24) is 10.6 Å². The Morgan fingerprint density at radius 3 is 2.62 bits per heavy atom. The molecule has 2 rings (SSSR count). The van der Waals surface area contributed by atoms with Crippen LogP contribution < -0.4 is 10.6 Å². The van der Waals surface area contributed by atoms with E-state index in [9.17, 15) is 14.4 Å². The van der Waals surface area contributed by atoms with Gasteiger partial charge in [-0.15, -0.1) is 0 Å². The van der Waals surface area contributed by atoms with Crippen molar-refractivity contribution in [3.63, 3.8) is 0 Å². The first kappa shape index (κ1) is 23.0. The number of nitrogens with one attached hydrogen (secondary N) is 2. The average Bonchev–Trinajstić information content (AvgIpc) is 3.09. The maximum atomic E-state index is 12.7. The minimum absolute atomic E-state index is 0.0946. The highest BCUT2D eigenvalue weighted by atomic mass is 79.9. The van der Waals surface area contributed by atoms with Crippen molar-refractivity contribution >= 4 is 45.5 Å². The Morgan fingerprint density at radius 1 is 1.24 bits per heavy atom. The van der Waals surface area contributed by atoms with E-state index in [1.807, 2.05) is 12.3 Å². The van der Waals surface area contributed by atoms with Crippen molar-refractivity contribution in [1.29, 1.82) is 0 Å². The molecular weight excluding hydrogens is 460 g/mol. The third-order valence-electron chi connectivity index (χ3n) is 4.16. The number of hydrogen-bond acceptors (Lipinski definition) is 6. The van der Waals surface area contributed by atoms with Gasteiger partial charge in [-0.3, -0.25) is 9.59 Å². The van der Waals surface area contributed by atoms with Crippen molar-refractivity contribution in [3.05, 3.63) is 57.5 Å². The van der Waals surface area contributed by atoms with Crippen LogP contribution in [0, 0.1) is 6.92 Å². The van der Waals surface area contributed by atoms with Crippen LogP contribution in [0.1, 0.15) is 38.7 Å². The number of furan rings is 1. The van der Waals surface area contributed by atoms with Gasteiger partial charge in [-0.2, -0.15) is 11.8 Å². The first-order chi connectivity index (χ1) is 13.9. The number of halogens is 1. The second kappa shape index (κ2) is 11.1. The van der Waals surface area contributed by atoms with Crippen molar-refractivity contribution in [2.24, 2.45) is 0 Å². The molecule has 1 unspecified atom stereocenters. The van der Waals surface area contributed by atoms with Gasteiger partial charge in [0, 0.05) is 4.47 Å². The molecule has 0 bridgehead atoms. The first-order valence-corrected chi connectivity index (χ1v) is 11.1. The smallest absolute Gasteiger partial charge is 0.341 e. The molecule has 1 atom stereocenters. The molecule has 2 aromatic rings. The number of hydrogen-bond donors (Lipinski definition) is 2. The maximum absolute atomic E-state index is 12.7. The number of rotatable bonds is 9. The zero-order chi connectivity index (χ0) is 21.4. The van der Waals surface area contributed by atoms with E-state index in [0.717, 1.165) is 0 Å². The van der Waals surface area contributed by atoms with Crippen LogP contribution in [0.5, 0.6) is 0 Å². The Balaban J connectivity index is 2.04. The lowest BCUT2D eigenvalue weighted by atomic mass is 10.1. The largest absolute Gasteiger partial charge is 0.465 e. The molecule has 0 spiro atoms. The Bertz CT molecular complexity index is 884. The number of carbonyl (C=O) groups is 3. The Morgan fingerprint density at radius 2 is 1.97 bits per heavy atom. The highest BCUT2D eigenvalue weighted by Crippen LogP contribution is 2.17. The quantitative estimate of drug-likeness (QED) is 0.532. The molecule has 0 saturated carbocycles. The van der Waals surface area contributed by atoms with Gasteiger partial charge in [-0.05, 0) is 59.5 Å². The minimum Gasteiger partial charge on any atom is -0.465 e. The summed E-state index contributed by atoms with van der Waals surface area (Å²) < 4.78 is 10.9. The molecule has 0 aliphatic rings. The molecule has 1 heterocycles. The number of amides is 2. The molecule has 1 aromatic heterocycles. The SMILES string of the molecule is COC(=O)c1cc(CNC(=O)C(CCSC)NC(=O)c2ccccc2Br)oc1C. The fourth-order valence-corrected chi connectivity index (χ4v) is 3.56. The standard InChI is InChI=1S/C20H23BrN2O5S/c1-12-15(20(26)27-2)10-13(28-12)11-22-19(25)17(8-9-29-3)23-18(24)14-6-4-5-7-16(14)21/h4-7,10,17H,8-9,11H2,1-3H3,(H,22,25)(H,23,24). The summed E-state index contributed by atoms with van der Waals surface area (Å²) in [7, 11) is 1.29. The predicted molar refractivity (Wildman–Crippen MR) is 115 cm³/mol. The molecule has 29 heavy (non-hydrogen) atoms. The van der Waals surface area contributed by atoms with Crippen LogP contribution in [0.2, 0.25) is 0 Å². The summed E-state index contributed by atoms with van der Waals surface area (Å²) >= 11 is 4.94. The van der Waals surface area contributed by atoms with Crippen LogP contribution in [-0.2, 0) is 16.1 Å². The van der Waals surface area contributed by atoms with E-state index >= 15 is 0 Å². The molecule has 0 aliphatic carbocycles. The van der Waals surface area contributed by atoms with E-state index in [1.54, 1.807) is 36.9 Å². The second-order valence-corrected chi connectivity index (χ2v) is 8.02. The van der Waals surface area contributed by atoms with Gasteiger partial charge in [0.25, 0.3) is 5.91 Å². The second-order valence-electron chi connectivity index (χ2n) is 6.18. The number of methoxy groups -OCH3 is 1. The molecule has 0 fully saturated rings. The molecule has 2 amide bonds. The van der Waals surface area contributed by atoms with Gasteiger partial charge in [0.15, 0.2) is 0 Å². The average molecular weight is 483 g/mol. The number of thioether (sulfide) groups is 1. The lowest BCUT2D eigenvalue weighted by Crippen LogP contribution is -2.46. The monoisotopic (exact) mass is 482 g/mol. The maximum Gasteiger partial charge on any atom is 0.341 e. The van der Waals surface area contributed by atoms with E-state index in [2.05, 4.69) is 26.6 Å². The van der Waals surface area contributed by atoms with E-state index in [0.29, 0.717) is 39.3 Å². The third-order valence-corrected chi connectivity index (χ3v) is 5.50. The van der Waals surface area contributed by atoms with Crippen molar-refractivity contribution in [2.75, 3.05) is 19.1 Å². The first-order valence-electron chi connectivity index (χ1n) is 8.87. The zero-order valence-corrected chi connectivity index (χ0v) is 18.8. The van der Waals surface area contributed by atoms with Gasteiger partial charge in [-0.1, -0.05) is 12.1 Å². The molecule has 156 valence electrons. The van der Waals surface area contributed by atoms with Crippen molar-refractivity contribution < 1.29 is 23.5 Å². The summed E-state index contributed by atoms with van der Waals surface area (Å²) in [6, 6.07) is 7.87. The molecule has 0 aliphatic heterocycles. The number of esters is 1. The van der Waals surface area contributed by atoms with Crippen LogP contribution in [0.3, 0.4) is 0 Å². The number of ether oxygens (including phenoxy) is 1. The van der Waals surface area contributed by atoms with Crippen LogP contribution in [0.15, 0.2) is 39.2 Å². The van der Waals surface area contributed by atoms with Gasteiger partial charge in [0.05, 0.1) is 19.2 Å². The molecular formula is C20H23BrN2O5S. The van der Waals surface area contributed by atoms with Crippen LogP contribution in [0.25, 0.3) is 0 Å². The summed E-state index contributed by atoms with van der Waals surface area (Å²) in [5.41, 5.74) is 0.775. The summed E-state index contributed by atoms with van der Waals surface area (Å²) in [6.45, 7) is 1.74. The molecule has 9 heteroatoms. The van der Waals surface area contributed by atoms with Crippen LogP contribution in [0.4, 0.5) is 0 Å². The van der Waals surface area contributed by atoms with E-state index in [4.69, 9.17) is 9.15 Å².